The molecule has 23 heavy (non-hydrogen) atoms. The molecule has 1 N–H and O–H groups in total. The SMILES string of the molecule is Cc1ccc(C(=O)N(C)C[C@H](C)NC(=O)OC(C)(C)C)cc1C. The Morgan fingerprint density at radius 1 is 1.22 bits per heavy atom. The number of amides is 2. The van der Waals surface area contributed by atoms with Crippen LogP contribution in [-0.4, -0.2) is 42.1 Å². The summed E-state index contributed by atoms with van der Waals surface area (Å²) in [4.78, 5) is 25.8. The summed E-state index contributed by atoms with van der Waals surface area (Å²) >= 11 is 0. The molecule has 0 bridgehead atoms. The largest absolute Gasteiger partial charge is 0.444 e. The second-order valence-electron chi connectivity index (χ2n) is 7.03. The number of hydrogen-bond acceptors (Lipinski definition) is 3. The Morgan fingerprint density at radius 2 is 1.83 bits per heavy atom. The predicted molar refractivity (Wildman–Crippen MR) is 91.7 cm³/mol. The lowest BCUT2D eigenvalue weighted by molar-refractivity contribution is 0.0491. The number of ether oxygens (including phenoxy) is 1. The Bertz CT molecular complexity index is 576. The van der Waals surface area contributed by atoms with Gasteiger partial charge in [-0.1, -0.05) is 6.07 Å². The zero-order chi connectivity index (χ0) is 17.8. The van der Waals surface area contributed by atoms with Crippen LogP contribution in [0.1, 0.15) is 49.2 Å². The van der Waals surface area contributed by atoms with Crippen molar-refractivity contribution in [2.75, 3.05) is 13.6 Å². The van der Waals surface area contributed by atoms with Gasteiger partial charge in [-0.05, 0) is 64.8 Å². The number of nitrogens with zero attached hydrogens (tertiary/aromatic N) is 1. The van der Waals surface area contributed by atoms with E-state index in [1.165, 1.54) is 0 Å². The number of likely N-dealkylation sites (N-methyl/N-ethyl adjacent to an activating group) is 1. The molecule has 0 aliphatic heterocycles. The van der Waals surface area contributed by atoms with E-state index in [9.17, 15) is 9.59 Å². The third-order valence-electron chi connectivity index (χ3n) is 3.41. The molecule has 0 saturated carbocycles. The molecule has 1 atom stereocenters. The molecule has 5 nitrogen and oxygen atoms in total. The average Bonchev–Trinajstić information content (AvgIpc) is 2.38. The van der Waals surface area contributed by atoms with Crippen LogP contribution < -0.4 is 5.32 Å². The lowest BCUT2D eigenvalue weighted by Crippen LogP contribution is -2.44. The number of aryl methyl sites for hydroxylation is 2. The standard InChI is InChI=1S/C18H28N2O3/c1-12-8-9-15(10-13(12)2)16(21)20(7)11-14(3)19-17(22)23-18(4,5)6/h8-10,14H,11H2,1-7H3,(H,19,22)/t14-/m0/s1. The third kappa shape index (κ3) is 6.30. The second kappa shape index (κ2) is 7.49. The minimum Gasteiger partial charge on any atom is -0.444 e. The number of hydrogen-bond donors (Lipinski definition) is 1. The van der Waals surface area contributed by atoms with Gasteiger partial charge >= 0.3 is 6.09 Å². The fraction of sp³-hybridized carbons (Fsp3) is 0.556. The summed E-state index contributed by atoms with van der Waals surface area (Å²) in [7, 11) is 1.73. The maximum atomic E-state index is 12.4. The normalized spacial score (nSPS) is 12.5. The summed E-state index contributed by atoms with van der Waals surface area (Å²) < 4.78 is 5.21. The minimum atomic E-state index is -0.537. The molecule has 5 heteroatoms. The number of nitrogens with one attached hydrogen (secondary N) is 1. The van der Waals surface area contributed by atoms with Crippen LogP contribution >= 0.6 is 0 Å². The van der Waals surface area contributed by atoms with Crippen LogP contribution in [0.4, 0.5) is 4.79 Å². The first-order valence-corrected chi connectivity index (χ1v) is 7.82. The van der Waals surface area contributed by atoms with E-state index < -0.39 is 11.7 Å². The Hall–Kier alpha value is -2.04. The number of benzene rings is 1. The van der Waals surface area contributed by atoms with Crippen LogP contribution in [0.5, 0.6) is 0 Å². The molecule has 1 rings (SSSR count). The molecule has 0 aromatic heterocycles. The van der Waals surface area contributed by atoms with Gasteiger partial charge in [0.1, 0.15) is 5.60 Å². The highest BCUT2D eigenvalue weighted by Crippen LogP contribution is 2.12. The van der Waals surface area contributed by atoms with Crippen molar-refractivity contribution in [1.82, 2.24) is 10.2 Å². The van der Waals surface area contributed by atoms with Crippen molar-refractivity contribution in [2.45, 2.75) is 53.2 Å². The second-order valence-corrected chi connectivity index (χ2v) is 7.03. The first kappa shape index (κ1) is 19.0. The van der Waals surface area contributed by atoms with E-state index in [1.54, 1.807) is 11.9 Å². The molecule has 0 spiro atoms. The Morgan fingerprint density at radius 3 is 2.35 bits per heavy atom. The van der Waals surface area contributed by atoms with Gasteiger partial charge in [0, 0.05) is 25.2 Å². The van der Waals surface area contributed by atoms with Gasteiger partial charge in [0.05, 0.1) is 0 Å². The third-order valence-corrected chi connectivity index (χ3v) is 3.41. The zero-order valence-electron chi connectivity index (χ0n) is 15.2. The van der Waals surface area contributed by atoms with Gasteiger partial charge in [-0.3, -0.25) is 4.79 Å². The molecule has 2 amide bonds. The summed E-state index contributed by atoms with van der Waals surface area (Å²) in [5.74, 6) is -0.0639. The first-order valence-electron chi connectivity index (χ1n) is 7.82. The highest BCUT2D eigenvalue weighted by atomic mass is 16.6. The number of rotatable bonds is 4. The summed E-state index contributed by atoms with van der Waals surface area (Å²) in [6.45, 7) is 11.7. The minimum absolute atomic E-state index is 0.0639. The first-order chi connectivity index (χ1) is 10.5. The molecule has 0 fully saturated rings. The molecule has 128 valence electrons. The maximum Gasteiger partial charge on any atom is 0.407 e. The Balaban J connectivity index is 2.60. The number of carbonyl (C=O) groups excluding carboxylic acids is 2. The lowest BCUT2D eigenvalue weighted by Gasteiger charge is -2.25. The van der Waals surface area contributed by atoms with Crippen LogP contribution in [-0.2, 0) is 4.74 Å². The maximum absolute atomic E-state index is 12.4. The zero-order valence-corrected chi connectivity index (χ0v) is 15.2. The van der Waals surface area contributed by atoms with Gasteiger partial charge < -0.3 is 15.0 Å². The quantitative estimate of drug-likeness (QED) is 0.926. The van der Waals surface area contributed by atoms with E-state index in [4.69, 9.17) is 4.74 Å². The van der Waals surface area contributed by atoms with Gasteiger partial charge in [0.15, 0.2) is 0 Å². The summed E-state index contributed by atoms with van der Waals surface area (Å²) in [5, 5.41) is 2.74. The summed E-state index contributed by atoms with van der Waals surface area (Å²) in [6, 6.07) is 5.46. The highest BCUT2D eigenvalue weighted by molar-refractivity contribution is 5.94. The lowest BCUT2D eigenvalue weighted by atomic mass is 10.1. The van der Waals surface area contributed by atoms with Crippen LogP contribution in [0, 0.1) is 13.8 Å². The van der Waals surface area contributed by atoms with E-state index in [2.05, 4.69) is 5.32 Å². The van der Waals surface area contributed by atoms with Gasteiger partial charge in [-0.15, -0.1) is 0 Å². The van der Waals surface area contributed by atoms with Crippen LogP contribution in [0.3, 0.4) is 0 Å². The molecule has 0 aliphatic rings. The van der Waals surface area contributed by atoms with Crippen molar-refractivity contribution in [3.8, 4) is 0 Å². The fourth-order valence-electron chi connectivity index (χ4n) is 2.14. The predicted octanol–water partition coefficient (Wildman–Crippen LogP) is 3.29. The molecule has 0 radical (unpaired) electrons. The molecular weight excluding hydrogens is 292 g/mol. The van der Waals surface area contributed by atoms with E-state index in [0.29, 0.717) is 12.1 Å². The monoisotopic (exact) mass is 320 g/mol. The van der Waals surface area contributed by atoms with Crippen molar-refractivity contribution in [3.05, 3.63) is 34.9 Å². The van der Waals surface area contributed by atoms with Crippen molar-refractivity contribution in [1.29, 1.82) is 0 Å². The Labute approximate surface area is 139 Å². The summed E-state index contributed by atoms with van der Waals surface area (Å²) in [6.07, 6.45) is -0.475. The average molecular weight is 320 g/mol. The molecule has 0 heterocycles. The van der Waals surface area contributed by atoms with Crippen LogP contribution in [0.25, 0.3) is 0 Å². The molecular formula is C18H28N2O3. The summed E-state index contributed by atoms with van der Waals surface area (Å²) in [5.41, 5.74) is 2.36. The van der Waals surface area contributed by atoms with Crippen molar-refractivity contribution < 1.29 is 14.3 Å². The van der Waals surface area contributed by atoms with Gasteiger partial charge in [-0.2, -0.15) is 0 Å². The van der Waals surface area contributed by atoms with Crippen molar-refractivity contribution >= 4 is 12.0 Å². The molecule has 0 aliphatic carbocycles. The van der Waals surface area contributed by atoms with Gasteiger partial charge in [-0.25, -0.2) is 4.79 Å². The smallest absolute Gasteiger partial charge is 0.407 e. The van der Waals surface area contributed by atoms with E-state index in [-0.39, 0.29) is 11.9 Å². The number of carbonyl (C=O) groups is 2. The molecule has 1 aromatic carbocycles. The van der Waals surface area contributed by atoms with E-state index in [1.807, 2.05) is 59.7 Å². The van der Waals surface area contributed by atoms with Gasteiger partial charge in [0.25, 0.3) is 5.91 Å². The fourth-order valence-corrected chi connectivity index (χ4v) is 2.14. The molecule has 0 unspecified atom stereocenters. The Kier molecular flexibility index (Phi) is 6.19. The van der Waals surface area contributed by atoms with Crippen LogP contribution in [0.15, 0.2) is 18.2 Å². The molecule has 0 saturated heterocycles. The van der Waals surface area contributed by atoms with Gasteiger partial charge in [0.2, 0.25) is 0 Å². The number of alkyl carbamates (subject to hydrolysis) is 1. The van der Waals surface area contributed by atoms with E-state index >= 15 is 0 Å². The highest BCUT2D eigenvalue weighted by Gasteiger charge is 2.20. The molecule has 1 aromatic rings. The topological polar surface area (TPSA) is 58.6 Å². The van der Waals surface area contributed by atoms with Crippen molar-refractivity contribution in [2.24, 2.45) is 0 Å². The van der Waals surface area contributed by atoms with Crippen molar-refractivity contribution in [3.63, 3.8) is 0 Å². The van der Waals surface area contributed by atoms with E-state index in [0.717, 1.165) is 11.1 Å². The van der Waals surface area contributed by atoms with Crippen LogP contribution in [0.2, 0.25) is 0 Å².